The molecule has 0 aromatic heterocycles. The van der Waals surface area contributed by atoms with Crippen molar-refractivity contribution in [2.24, 2.45) is 0 Å². The van der Waals surface area contributed by atoms with Crippen LogP contribution in [-0.2, 0) is 0 Å². The lowest BCUT2D eigenvalue weighted by molar-refractivity contribution is 0.0595. The molecule has 4 nitrogen and oxygen atoms in total. The average Bonchev–Trinajstić information content (AvgIpc) is 2.72. The minimum absolute atomic E-state index is 0.247. The molecular weight excluding hydrogens is 271 g/mol. The molecule has 2 aromatic rings. The van der Waals surface area contributed by atoms with Crippen LogP contribution in [0.4, 0.5) is 10.1 Å². The fraction of sp³-hybridized carbons (Fsp3) is 0.125. The molecule has 1 aliphatic rings. The van der Waals surface area contributed by atoms with Crippen molar-refractivity contribution in [2.75, 3.05) is 5.73 Å². The number of halogens is 1. The number of fused-ring (bicyclic) bond motifs is 1. The Hall–Kier alpha value is -2.69. The summed E-state index contributed by atoms with van der Waals surface area (Å²) in [5.41, 5.74) is 7.33. The molecule has 1 heterocycles. The first kappa shape index (κ1) is 13.3. The number of benzene rings is 2. The molecule has 0 bridgehead atoms. The molecule has 0 radical (unpaired) electrons. The van der Waals surface area contributed by atoms with E-state index in [9.17, 15) is 14.0 Å². The quantitative estimate of drug-likeness (QED) is 0.681. The Morgan fingerprint density at radius 2 is 1.71 bits per heavy atom. The third kappa shape index (κ3) is 1.98. The Kier molecular flexibility index (Phi) is 2.97. The summed E-state index contributed by atoms with van der Waals surface area (Å²) in [6.45, 7) is 1.73. The van der Waals surface area contributed by atoms with Crippen LogP contribution in [0.15, 0.2) is 42.5 Å². The summed E-state index contributed by atoms with van der Waals surface area (Å²) in [5.74, 6) is -1.15. The lowest BCUT2D eigenvalue weighted by Gasteiger charge is -2.22. The molecule has 106 valence electrons. The molecule has 1 unspecified atom stereocenters. The summed E-state index contributed by atoms with van der Waals surface area (Å²) in [7, 11) is 0. The Balaban J connectivity index is 2.02. The van der Waals surface area contributed by atoms with E-state index in [4.69, 9.17) is 5.73 Å². The van der Waals surface area contributed by atoms with Crippen LogP contribution >= 0.6 is 0 Å². The van der Waals surface area contributed by atoms with Crippen molar-refractivity contribution in [3.63, 3.8) is 0 Å². The van der Waals surface area contributed by atoms with Crippen molar-refractivity contribution < 1.29 is 14.0 Å². The maximum absolute atomic E-state index is 13.0. The minimum atomic E-state index is -0.489. The van der Waals surface area contributed by atoms with Gasteiger partial charge in [-0.05, 0) is 36.8 Å². The number of nitrogens with two attached hydrogens (primary N) is 1. The summed E-state index contributed by atoms with van der Waals surface area (Å²) in [6.07, 6.45) is 0. The zero-order chi connectivity index (χ0) is 15.1. The lowest BCUT2D eigenvalue weighted by Crippen LogP contribution is -2.32. The maximum atomic E-state index is 13.0. The fourth-order valence-corrected chi connectivity index (χ4v) is 2.57. The first-order valence-corrected chi connectivity index (χ1v) is 6.52. The number of hydrogen-bond donors (Lipinski definition) is 1. The van der Waals surface area contributed by atoms with Crippen LogP contribution in [0, 0.1) is 5.82 Å². The molecule has 2 N–H and O–H groups in total. The molecule has 3 rings (SSSR count). The molecule has 0 spiro atoms. The van der Waals surface area contributed by atoms with Crippen LogP contribution in [0.25, 0.3) is 0 Å². The Morgan fingerprint density at radius 3 is 2.33 bits per heavy atom. The van der Waals surface area contributed by atoms with Gasteiger partial charge >= 0.3 is 0 Å². The summed E-state index contributed by atoms with van der Waals surface area (Å²) in [4.78, 5) is 26.0. The van der Waals surface area contributed by atoms with Crippen LogP contribution in [-0.4, -0.2) is 16.7 Å². The van der Waals surface area contributed by atoms with Crippen LogP contribution in [0.2, 0.25) is 0 Å². The number of anilines is 1. The highest BCUT2D eigenvalue weighted by Crippen LogP contribution is 2.33. The Labute approximate surface area is 121 Å². The highest BCUT2D eigenvalue weighted by atomic mass is 19.1. The van der Waals surface area contributed by atoms with Gasteiger partial charge in [-0.3, -0.25) is 14.5 Å². The van der Waals surface area contributed by atoms with Gasteiger partial charge in [0.05, 0.1) is 17.2 Å². The minimum Gasteiger partial charge on any atom is -0.398 e. The van der Waals surface area contributed by atoms with Crippen LogP contribution in [0.3, 0.4) is 0 Å². The Bertz CT molecular complexity index is 740. The summed E-state index contributed by atoms with van der Waals surface area (Å²) >= 11 is 0. The van der Waals surface area contributed by atoms with Crippen LogP contribution < -0.4 is 5.73 Å². The van der Waals surface area contributed by atoms with Gasteiger partial charge in [0.25, 0.3) is 11.8 Å². The number of hydrogen-bond acceptors (Lipinski definition) is 3. The van der Waals surface area contributed by atoms with Gasteiger partial charge in [0.15, 0.2) is 0 Å². The molecular formula is C16H13FN2O2. The van der Waals surface area contributed by atoms with E-state index in [0.717, 1.165) is 4.90 Å². The van der Waals surface area contributed by atoms with Crippen molar-refractivity contribution in [1.29, 1.82) is 0 Å². The Morgan fingerprint density at radius 1 is 1.05 bits per heavy atom. The number of carbonyl (C=O) groups is 2. The van der Waals surface area contributed by atoms with Crippen molar-refractivity contribution in [2.45, 2.75) is 13.0 Å². The number of nitrogen functional groups attached to an aromatic ring is 1. The third-order valence-corrected chi connectivity index (χ3v) is 3.72. The second-order valence-electron chi connectivity index (χ2n) is 4.98. The second kappa shape index (κ2) is 4.70. The standard InChI is InChI=1S/C16H13FN2O2/c1-9(10-5-7-11(17)8-6-10)19-15(20)12-3-2-4-13(18)14(12)16(19)21/h2-9H,18H2,1H3. The first-order valence-electron chi connectivity index (χ1n) is 6.52. The summed E-state index contributed by atoms with van der Waals surface area (Å²) in [6, 6.07) is 10.1. The van der Waals surface area contributed by atoms with Gasteiger partial charge in [-0.1, -0.05) is 18.2 Å². The first-order chi connectivity index (χ1) is 10.0. The van der Waals surface area contributed by atoms with Crippen molar-refractivity contribution >= 4 is 17.5 Å². The van der Waals surface area contributed by atoms with E-state index in [0.29, 0.717) is 16.8 Å². The highest BCUT2D eigenvalue weighted by Gasteiger charge is 2.40. The van der Waals surface area contributed by atoms with E-state index in [1.165, 1.54) is 12.1 Å². The van der Waals surface area contributed by atoms with Crippen molar-refractivity contribution in [3.8, 4) is 0 Å². The average molecular weight is 284 g/mol. The van der Waals surface area contributed by atoms with Crippen LogP contribution in [0.5, 0.6) is 0 Å². The molecule has 2 aromatic carbocycles. The second-order valence-corrected chi connectivity index (χ2v) is 4.98. The van der Waals surface area contributed by atoms with Gasteiger partial charge in [0.2, 0.25) is 0 Å². The predicted molar refractivity (Wildman–Crippen MR) is 76.2 cm³/mol. The molecule has 0 saturated carbocycles. The molecule has 21 heavy (non-hydrogen) atoms. The van der Waals surface area contributed by atoms with E-state index in [2.05, 4.69) is 0 Å². The van der Waals surface area contributed by atoms with E-state index >= 15 is 0 Å². The number of amides is 2. The summed E-state index contributed by atoms with van der Waals surface area (Å²) in [5, 5.41) is 0. The zero-order valence-corrected chi connectivity index (χ0v) is 11.3. The molecule has 0 saturated heterocycles. The molecule has 0 aliphatic carbocycles. The molecule has 1 aliphatic heterocycles. The normalized spacial score (nSPS) is 15.2. The molecule has 1 atom stereocenters. The zero-order valence-electron chi connectivity index (χ0n) is 11.3. The monoisotopic (exact) mass is 284 g/mol. The van der Waals surface area contributed by atoms with Gasteiger partial charge in [-0.2, -0.15) is 0 Å². The number of rotatable bonds is 2. The van der Waals surface area contributed by atoms with Gasteiger partial charge in [0, 0.05) is 5.69 Å². The van der Waals surface area contributed by atoms with Crippen LogP contribution in [0.1, 0.15) is 39.2 Å². The van der Waals surface area contributed by atoms with Gasteiger partial charge in [-0.15, -0.1) is 0 Å². The van der Waals surface area contributed by atoms with Gasteiger partial charge in [0.1, 0.15) is 5.82 Å². The summed E-state index contributed by atoms with van der Waals surface area (Å²) < 4.78 is 13.0. The lowest BCUT2D eigenvalue weighted by atomic mass is 10.1. The van der Waals surface area contributed by atoms with Gasteiger partial charge in [-0.25, -0.2) is 4.39 Å². The fourth-order valence-electron chi connectivity index (χ4n) is 2.57. The largest absolute Gasteiger partial charge is 0.398 e. The molecule has 5 heteroatoms. The molecule has 2 amide bonds. The smallest absolute Gasteiger partial charge is 0.264 e. The van der Waals surface area contributed by atoms with Crippen molar-refractivity contribution in [1.82, 2.24) is 4.90 Å². The number of nitrogens with zero attached hydrogens (tertiary/aromatic N) is 1. The topological polar surface area (TPSA) is 63.4 Å². The highest BCUT2D eigenvalue weighted by molar-refractivity contribution is 6.23. The van der Waals surface area contributed by atoms with E-state index < -0.39 is 11.9 Å². The van der Waals surface area contributed by atoms with E-state index in [1.807, 2.05) is 0 Å². The van der Waals surface area contributed by atoms with Gasteiger partial charge < -0.3 is 5.73 Å². The number of carbonyl (C=O) groups excluding carboxylic acids is 2. The third-order valence-electron chi connectivity index (χ3n) is 3.72. The number of imide groups is 1. The SMILES string of the molecule is CC(c1ccc(F)cc1)N1C(=O)c2cccc(N)c2C1=O. The van der Waals surface area contributed by atoms with E-state index in [1.54, 1.807) is 37.3 Å². The predicted octanol–water partition coefficient (Wildman–Crippen LogP) is 2.77. The van der Waals surface area contributed by atoms with E-state index in [-0.39, 0.29) is 17.3 Å². The van der Waals surface area contributed by atoms with Crippen molar-refractivity contribution in [3.05, 3.63) is 65.0 Å². The molecule has 0 fully saturated rings. The maximum Gasteiger partial charge on any atom is 0.264 e.